The van der Waals surface area contributed by atoms with Crippen molar-refractivity contribution < 1.29 is 21.6 Å². The number of piperidine rings is 1. The molecule has 1 N–H and O–H groups in total. The van der Waals surface area contributed by atoms with Gasteiger partial charge in [-0.2, -0.15) is 0 Å². The van der Waals surface area contributed by atoms with E-state index in [9.17, 15) is 21.6 Å². The van der Waals surface area contributed by atoms with Gasteiger partial charge in [0.2, 0.25) is 16.4 Å². The summed E-state index contributed by atoms with van der Waals surface area (Å²) in [5.74, 6) is 0. The van der Waals surface area contributed by atoms with Crippen LogP contribution in [-0.2, 0) is 24.8 Å². The maximum Gasteiger partial charge on any atom is 0.253 e. The molecule has 0 saturated carbocycles. The number of hydrogen-bond donors (Lipinski definition) is 1. The van der Waals surface area contributed by atoms with Crippen molar-refractivity contribution in [3.05, 3.63) is 30.3 Å². The minimum absolute atomic E-state index is 0.0982. The van der Waals surface area contributed by atoms with E-state index in [-0.39, 0.29) is 17.7 Å². The molecule has 0 radical (unpaired) electrons. The van der Waals surface area contributed by atoms with Crippen LogP contribution >= 0.6 is 0 Å². The van der Waals surface area contributed by atoms with Gasteiger partial charge in [0.1, 0.15) is 0 Å². The van der Waals surface area contributed by atoms with Gasteiger partial charge in [0.05, 0.1) is 10.1 Å². The molecule has 0 spiro atoms. The van der Waals surface area contributed by atoms with E-state index < -0.39 is 25.3 Å². The molecule has 1 aromatic rings. The quantitative estimate of drug-likeness (QED) is 0.760. The second kappa shape index (κ2) is 6.12. The number of nitrogens with one attached hydrogen (secondary N) is 1. The van der Waals surface area contributed by atoms with Crippen LogP contribution < -0.4 is 4.13 Å². The summed E-state index contributed by atoms with van der Waals surface area (Å²) in [7, 11) is -8.11. The third-order valence-electron chi connectivity index (χ3n) is 3.34. The Morgan fingerprint density at radius 2 is 1.62 bits per heavy atom. The number of carbonyl (C=O) groups excluding carboxylic acids is 1. The van der Waals surface area contributed by atoms with Crippen LogP contribution in [0.1, 0.15) is 12.8 Å². The van der Waals surface area contributed by atoms with Gasteiger partial charge in [0.15, 0.2) is 0 Å². The molecule has 0 unspecified atom stereocenters. The molecule has 1 aromatic carbocycles. The molecule has 9 heteroatoms. The van der Waals surface area contributed by atoms with E-state index in [4.69, 9.17) is 0 Å². The van der Waals surface area contributed by atoms with E-state index in [1.54, 1.807) is 10.2 Å². The first-order valence-electron chi connectivity index (χ1n) is 6.37. The maximum atomic E-state index is 12.2. The van der Waals surface area contributed by atoms with Gasteiger partial charge < -0.3 is 4.90 Å². The van der Waals surface area contributed by atoms with Crippen LogP contribution in [0.5, 0.6) is 0 Å². The highest BCUT2D eigenvalue weighted by Crippen LogP contribution is 2.18. The molecule has 116 valence electrons. The summed E-state index contributed by atoms with van der Waals surface area (Å²) in [6, 6.07) is 7.33. The van der Waals surface area contributed by atoms with Crippen molar-refractivity contribution >= 4 is 26.5 Å². The van der Waals surface area contributed by atoms with Crippen molar-refractivity contribution in [3.63, 3.8) is 0 Å². The monoisotopic (exact) mass is 332 g/mol. The molecule has 2 rings (SSSR count). The average Bonchev–Trinajstić information content (AvgIpc) is 2.47. The number of benzene rings is 1. The van der Waals surface area contributed by atoms with E-state index in [1.807, 2.05) is 0 Å². The van der Waals surface area contributed by atoms with Crippen molar-refractivity contribution in [3.8, 4) is 0 Å². The fourth-order valence-electron chi connectivity index (χ4n) is 2.16. The van der Waals surface area contributed by atoms with Crippen LogP contribution in [0.25, 0.3) is 0 Å². The van der Waals surface area contributed by atoms with Crippen LogP contribution in [0.15, 0.2) is 35.2 Å². The SMILES string of the molecule is O=CN1CCC(S(=O)(=O)NS(=O)(=O)c2ccccc2)CC1. The zero-order valence-electron chi connectivity index (χ0n) is 11.2. The van der Waals surface area contributed by atoms with Gasteiger partial charge in [-0.05, 0) is 25.0 Å². The van der Waals surface area contributed by atoms with Crippen molar-refractivity contribution in [2.75, 3.05) is 13.1 Å². The number of hydrogen-bond acceptors (Lipinski definition) is 5. The Kier molecular flexibility index (Phi) is 4.64. The molecule has 7 nitrogen and oxygen atoms in total. The Morgan fingerprint density at radius 1 is 1.05 bits per heavy atom. The third-order valence-corrected chi connectivity index (χ3v) is 7.39. The topological polar surface area (TPSA) is 101 Å². The van der Waals surface area contributed by atoms with Crippen LogP contribution in [0, 0.1) is 0 Å². The summed E-state index contributed by atoms with van der Waals surface area (Å²) in [6.45, 7) is 0.612. The molecule has 1 amide bonds. The zero-order valence-corrected chi connectivity index (χ0v) is 12.8. The molecule has 1 aliphatic rings. The lowest BCUT2D eigenvalue weighted by Gasteiger charge is -2.28. The molecule has 0 aromatic heterocycles. The van der Waals surface area contributed by atoms with Gasteiger partial charge in [-0.1, -0.05) is 18.2 Å². The van der Waals surface area contributed by atoms with E-state index in [2.05, 4.69) is 0 Å². The van der Waals surface area contributed by atoms with Crippen molar-refractivity contribution in [2.24, 2.45) is 0 Å². The molecular weight excluding hydrogens is 316 g/mol. The predicted octanol–water partition coefficient (Wildman–Crippen LogP) is -0.0845. The lowest BCUT2D eigenvalue weighted by atomic mass is 10.1. The second-order valence-electron chi connectivity index (χ2n) is 4.79. The Morgan fingerprint density at radius 3 is 2.14 bits per heavy atom. The predicted molar refractivity (Wildman–Crippen MR) is 76.3 cm³/mol. The van der Waals surface area contributed by atoms with Crippen LogP contribution in [0.4, 0.5) is 0 Å². The fraction of sp³-hybridized carbons (Fsp3) is 0.417. The number of likely N-dealkylation sites (tertiary alicyclic amines) is 1. The Labute approximate surface area is 124 Å². The minimum atomic E-state index is -4.11. The largest absolute Gasteiger partial charge is 0.345 e. The summed E-state index contributed by atoms with van der Waals surface area (Å²) in [5, 5.41) is -0.813. The molecule has 1 heterocycles. The first-order chi connectivity index (χ1) is 9.85. The van der Waals surface area contributed by atoms with Crippen LogP contribution in [0.2, 0.25) is 0 Å². The molecule has 21 heavy (non-hydrogen) atoms. The summed E-state index contributed by atoms with van der Waals surface area (Å²) < 4.78 is 50.2. The van der Waals surface area contributed by atoms with Crippen LogP contribution in [0.3, 0.4) is 0 Å². The van der Waals surface area contributed by atoms with E-state index >= 15 is 0 Å². The second-order valence-corrected chi connectivity index (χ2v) is 8.69. The Hall–Kier alpha value is -1.45. The van der Waals surface area contributed by atoms with E-state index in [0.717, 1.165) is 0 Å². The Balaban J connectivity index is 2.13. The Bertz CT molecular complexity index is 692. The highest BCUT2D eigenvalue weighted by molar-refractivity contribution is 8.05. The summed E-state index contributed by atoms with van der Waals surface area (Å²) in [4.78, 5) is 12.0. The average molecular weight is 332 g/mol. The highest BCUT2D eigenvalue weighted by Gasteiger charge is 2.33. The van der Waals surface area contributed by atoms with E-state index in [0.29, 0.717) is 19.5 Å². The standard InChI is InChI=1S/C12H16N2O5S2/c15-10-14-8-6-12(7-9-14)21(18,19)13-20(16,17)11-4-2-1-3-5-11/h1-5,10,12-13H,6-9H2. The normalized spacial score (nSPS) is 17.6. The van der Waals surface area contributed by atoms with Crippen molar-refractivity contribution in [1.29, 1.82) is 0 Å². The molecule has 1 aliphatic heterocycles. The number of rotatable bonds is 5. The van der Waals surface area contributed by atoms with Gasteiger partial charge in [-0.25, -0.2) is 16.8 Å². The van der Waals surface area contributed by atoms with E-state index in [1.165, 1.54) is 29.2 Å². The molecule has 1 fully saturated rings. The minimum Gasteiger partial charge on any atom is -0.345 e. The van der Waals surface area contributed by atoms with Gasteiger partial charge in [0, 0.05) is 13.1 Å². The lowest BCUT2D eigenvalue weighted by Crippen LogP contribution is -2.44. The van der Waals surface area contributed by atoms with Gasteiger partial charge >= 0.3 is 0 Å². The maximum absolute atomic E-state index is 12.2. The number of amides is 1. The van der Waals surface area contributed by atoms with Gasteiger partial charge in [-0.15, -0.1) is 4.13 Å². The van der Waals surface area contributed by atoms with Gasteiger partial charge in [-0.3, -0.25) is 4.79 Å². The van der Waals surface area contributed by atoms with Gasteiger partial charge in [0.25, 0.3) is 10.0 Å². The molecule has 0 bridgehead atoms. The zero-order chi connectivity index (χ0) is 15.5. The molecule has 0 aliphatic carbocycles. The molecule has 1 saturated heterocycles. The highest BCUT2D eigenvalue weighted by atomic mass is 32.3. The smallest absolute Gasteiger partial charge is 0.253 e. The number of nitrogens with zero attached hydrogens (tertiary/aromatic N) is 1. The summed E-state index contributed by atoms with van der Waals surface area (Å²) >= 11 is 0. The summed E-state index contributed by atoms with van der Waals surface area (Å²) in [5.41, 5.74) is 0. The molecular formula is C12H16N2O5S2. The lowest BCUT2D eigenvalue weighted by molar-refractivity contribution is -0.118. The third kappa shape index (κ3) is 3.80. The number of sulfonamides is 2. The summed E-state index contributed by atoms with van der Waals surface area (Å²) in [6.07, 6.45) is 1.10. The van der Waals surface area contributed by atoms with Crippen molar-refractivity contribution in [2.45, 2.75) is 23.0 Å². The molecule has 0 atom stereocenters. The fourth-order valence-corrected chi connectivity index (χ4v) is 5.66. The number of carbonyl (C=O) groups is 1. The first-order valence-corrected chi connectivity index (χ1v) is 9.40. The van der Waals surface area contributed by atoms with Crippen molar-refractivity contribution in [1.82, 2.24) is 9.03 Å². The van der Waals surface area contributed by atoms with Crippen LogP contribution in [-0.4, -0.2) is 46.5 Å². The first kappa shape index (κ1) is 15.9.